The fourth-order valence-corrected chi connectivity index (χ4v) is 0.777. The number of hydrogen-bond donors (Lipinski definition) is 3. The lowest BCUT2D eigenvalue weighted by atomic mass is 10.4. The molecule has 0 saturated heterocycles. The summed E-state index contributed by atoms with van der Waals surface area (Å²) in [6.07, 6.45) is 1.64. The molecule has 0 aliphatic rings. The summed E-state index contributed by atoms with van der Waals surface area (Å²) >= 11 is 0. The van der Waals surface area contributed by atoms with Crippen molar-refractivity contribution in [1.82, 2.24) is 15.5 Å². The Morgan fingerprint density at radius 1 is 1.73 bits per heavy atom. The van der Waals surface area contributed by atoms with Gasteiger partial charge in [-0.25, -0.2) is 0 Å². The maximum atomic E-state index is 11.0. The summed E-state index contributed by atoms with van der Waals surface area (Å²) in [5, 5.41) is 12.5. The molecule has 0 radical (unpaired) electrons. The van der Waals surface area contributed by atoms with Crippen molar-refractivity contribution >= 4 is 11.9 Å². The van der Waals surface area contributed by atoms with E-state index in [1.165, 1.54) is 6.33 Å². The number of guanidine groups is 1. The summed E-state index contributed by atoms with van der Waals surface area (Å²) < 4.78 is 9.48. The zero-order chi connectivity index (χ0) is 11.1. The molecule has 0 amide bonds. The van der Waals surface area contributed by atoms with Crippen LogP contribution in [0.3, 0.4) is 0 Å². The molecule has 1 aromatic heterocycles. The molecule has 1 heterocycles. The molecule has 0 unspecified atom stereocenters. The van der Waals surface area contributed by atoms with Gasteiger partial charge in [0.15, 0.2) is 12.3 Å². The van der Waals surface area contributed by atoms with E-state index in [0.717, 1.165) is 0 Å². The van der Waals surface area contributed by atoms with Crippen LogP contribution in [-0.4, -0.2) is 35.2 Å². The maximum Gasteiger partial charge on any atom is 0.325 e. The Balaban J connectivity index is 2.09. The Bertz CT molecular complexity index is 323. The van der Waals surface area contributed by atoms with E-state index in [4.69, 9.17) is 20.4 Å². The highest BCUT2D eigenvalue weighted by atomic mass is 16.5. The van der Waals surface area contributed by atoms with Crippen LogP contribution in [0.4, 0.5) is 0 Å². The van der Waals surface area contributed by atoms with Crippen LogP contribution in [0, 0.1) is 5.41 Å². The van der Waals surface area contributed by atoms with Crippen molar-refractivity contribution < 1.29 is 14.1 Å². The Morgan fingerprint density at radius 3 is 3.13 bits per heavy atom. The molecular formula is C7H11N5O3. The van der Waals surface area contributed by atoms with Crippen LogP contribution in [0.5, 0.6) is 0 Å². The predicted octanol–water partition coefficient (Wildman–Crippen LogP) is -1.36. The third-order valence-corrected chi connectivity index (χ3v) is 1.41. The number of hydrogen-bond acceptors (Lipinski definition) is 6. The van der Waals surface area contributed by atoms with E-state index in [-0.39, 0.29) is 19.1 Å². The number of nitrogens with two attached hydrogens (primary N) is 1. The second-order valence-corrected chi connectivity index (χ2v) is 2.57. The van der Waals surface area contributed by atoms with E-state index < -0.39 is 5.97 Å². The average Bonchev–Trinajstić information content (AvgIpc) is 2.67. The van der Waals surface area contributed by atoms with Crippen molar-refractivity contribution in [2.24, 2.45) is 5.73 Å². The molecule has 0 saturated carbocycles. The molecule has 4 N–H and O–H groups in total. The first-order valence-corrected chi connectivity index (χ1v) is 4.17. The van der Waals surface area contributed by atoms with Crippen molar-refractivity contribution in [3.63, 3.8) is 0 Å². The molecule has 8 nitrogen and oxygen atoms in total. The lowest BCUT2D eigenvalue weighted by Gasteiger charge is -2.03. The molecule has 82 valence electrons. The number of rotatable bonds is 5. The number of nitrogens with one attached hydrogen (secondary N) is 2. The smallest absolute Gasteiger partial charge is 0.325 e. The zero-order valence-electron chi connectivity index (χ0n) is 7.90. The number of aromatic nitrogens is 2. The van der Waals surface area contributed by atoms with Crippen LogP contribution in [0.1, 0.15) is 5.89 Å². The minimum absolute atomic E-state index is 0.126. The molecule has 0 aliphatic carbocycles. The lowest BCUT2D eigenvalue weighted by molar-refractivity contribution is -0.142. The fraction of sp³-hybridized carbons (Fsp3) is 0.429. The van der Waals surface area contributed by atoms with Gasteiger partial charge < -0.3 is 20.3 Å². The fourth-order valence-electron chi connectivity index (χ4n) is 0.777. The highest BCUT2D eigenvalue weighted by Gasteiger charge is 2.04. The third-order valence-electron chi connectivity index (χ3n) is 1.41. The summed E-state index contributed by atoms with van der Waals surface area (Å²) in [4.78, 5) is 14.7. The number of carbonyl (C=O) groups excluding carboxylic acids is 1. The Kier molecular flexibility index (Phi) is 4.07. The number of ether oxygens (including phenoxy) is 1. The average molecular weight is 213 g/mol. The van der Waals surface area contributed by atoms with E-state index in [2.05, 4.69) is 15.5 Å². The van der Waals surface area contributed by atoms with Gasteiger partial charge in [0.25, 0.3) is 0 Å². The van der Waals surface area contributed by atoms with Crippen LogP contribution < -0.4 is 11.1 Å². The van der Waals surface area contributed by atoms with Crippen molar-refractivity contribution in [2.45, 2.75) is 6.42 Å². The van der Waals surface area contributed by atoms with E-state index in [1.54, 1.807) is 0 Å². The van der Waals surface area contributed by atoms with Crippen LogP contribution in [0.25, 0.3) is 0 Å². The minimum Gasteiger partial charge on any atom is -0.464 e. The normalized spacial score (nSPS) is 9.60. The van der Waals surface area contributed by atoms with Crippen molar-refractivity contribution in [3.8, 4) is 0 Å². The summed E-state index contributed by atoms with van der Waals surface area (Å²) in [7, 11) is 0. The van der Waals surface area contributed by atoms with Crippen molar-refractivity contribution in [1.29, 1.82) is 5.41 Å². The standard InChI is InChI=1S/C7H11N5O3/c8-7(9)10-3-6(13)14-2-1-5-11-4-12-15-5/h4H,1-3H2,(H4,8,9,10). The van der Waals surface area contributed by atoms with Crippen LogP contribution in [0.2, 0.25) is 0 Å². The monoisotopic (exact) mass is 213 g/mol. The van der Waals surface area contributed by atoms with Gasteiger partial charge in [-0.15, -0.1) is 0 Å². The Morgan fingerprint density at radius 2 is 2.53 bits per heavy atom. The number of carbonyl (C=O) groups is 1. The first-order chi connectivity index (χ1) is 7.18. The molecule has 0 atom stereocenters. The number of nitrogens with zero attached hydrogens (tertiary/aromatic N) is 2. The van der Waals surface area contributed by atoms with Crippen LogP contribution >= 0.6 is 0 Å². The lowest BCUT2D eigenvalue weighted by Crippen LogP contribution is -2.35. The quantitative estimate of drug-likeness (QED) is 0.313. The maximum absolute atomic E-state index is 11.0. The molecule has 15 heavy (non-hydrogen) atoms. The van der Waals surface area contributed by atoms with Gasteiger partial charge >= 0.3 is 5.97 Å². The van der Waals surface area contributed by atoms with Gasteiger partial charge in [-0.1, -0.05) is 5.16 Å². The van der Waals surface area contributed by atoms with Gasteiger partial charge in [0, 0.05) is 0 Å². The van der Waals surface area contributed by atoms with E-state index in [1.807, 2.05) is 0 Å². The predicted molar refractivity (Wildman–Crippen MR) is 48.9 cm³/mol. The van der Waals surface area contributed by atoms with Gasteiger partial charge in [-0.2, -0.15) is 4.98 Å². The first-order valence-electron chi connectivity index (χ1n) is 4.17. The summed E-state index contributed by atoms with van der Waals surface area (Å²) in [6.45, 7) is 0.0276. The number of esters is 1. The molecule has 0 spiro atoms. The third kappa shape index (κ3) is 4.60. The van der Waals surface area contributed by atoms with E-state index >= 15 is 0 Å². The second-order valence-electron chi connectivity index (χ2n) is 2.57. The van der Waals surface area contributed by atoms with Gasteiger partial charge in [0.2, 0.25) is 5.89 Å². The SMILES string of the molecule is N=C(N)NCC(=O)OCCc1ncno1. The Labute approximate surface area is 85.3 Å². The Hall–Kier alpha value is -2.12. The second kappa shape index (κ2) is 5.58. The molecule has 0 aromatic carbocycles. The van der Waals surface area contributed by atoms with Gasteiger partial charge in [0.1, 0.15) is 13.2 Å². The summed E-state index contributed by atoms with van der Waals surface area (Å²) in [5.74, 6) is -0.365. The van der Waals surface area contributed by atoms with E-state index in [9.17, 15) is 4.79 Å². The zero-order valence-corrected chi connectivity index (χ0v) is 7.90. The summed E-state index contributed by atoms with van der Waals surface area (Å²) in [5.41, 5.74) is 4.98. The molecule has 1 aromatic rings. The molecular weight excluding hydrogens is 202 g/mol. The van der Waals surface area contributed by atoms with Gasteiger partial charge in [-0.05, 0) is 0 Å². The molecule has 0 aliphatic heterocycles. The summed E-state index contributed by atoms with van der Waals surface area (Å²) in [6, 6.07) is 0. The van der Waals surface area contributed by atoms with E-state index in [0.29, 0.717) is 12.3 Å². The molecule has 0 bridgehead atoms. The van der Waals surface area contributed by atoms with Gasteiger partial charge in [-0.3, -0.25) is 10.2 Å². The highest BCUT2D eigenvalue weighted by molar-refractivity contribution is 5.80. The molecule has 1 rings (SSSR count). The highest BCUT2D eigenvalue weighted by Crippen LogP contribution is 1.92. The van der Waals surface area contributed by atoms with Crippen molar-refractivity contribution in [2.75, 3.05) is 13.2 Å². The minimum atomic E-state index is -0.496. The van der Waals surface area contributed by atoms with Crippen molar-refractivity contribution in [3.05, 3.63) is 12.2 Å². The first kappa shape index (κ1) is 11.0. The largest absolute Gasteiger partial charge is 0.464 e. The molecule has 8 heteroatoms. The van der Waals surface area contributed by atoms with Crippen LogP contribution in [0.15, 0.2) is 10.9 Å². The molecule has 0 fully saturated rings. The van der Waals surface area contributed by atoms with Gasteiger partial charge in [0.05, 0.1) is 6.42 Å². The van der Waals surface area contributed by atoms with Crippen LogP contribution in [-0.2, 0) is 16.0 Å². The topological polar surface area (TPSA) is 127 Å².